The van der Waals surface area contributed by atoms with Gasteiger partial charge < -0.3 is 5.73 Å². The minimum atomic E-state index is 0.503. The molecule has 0 amide bonds. The Kier molecular flexibility index (Phi) is 3.02. The Morgan fingerprint density at radius 2 is 2.28 bits per heavy atom. The van der Waals surface area contributed by atoms with Gasteiger partial charge in [-0.2, -0.15) is 0 Å². The molecular weight excluding hydrogens is 222 g/mol. The van der Waals surface area contributed by atoms with Gasteiger partial charge in [-0.25, -0.2) is 0 Å². The van der Waals surface area contributed by atoms with Gasteiger partial charge in [-0.05, 0) is 49.7 Å². The van der Waals surface area contributed by atoms with Crippen LogP contribution in [0.5, 0.6) is 0 Å². The molecule has 1 aromatic heterocycles. The summed E-state index contributed by atoms with van der Waals surface area (Å²) < 4.78 is 0. The summed E-state index contributed by atoms with van der Waals surface area (Å²) in [6, 6.07) is 11.2. The van der Waals surface area contributed by atoms with Gasteiger partial charge in [-0.15, -0.1) is 0 Å². The van der Waals surface area contributed by atoms with E-state index in [9.17, 15) is 0 Å². The van der Waals surface area contributed by atoms with Crippen LogP contribution in [0.15, 0.2) is 36.5 Å². The molecule has 0 radical (unpaired) electrons. The van der Waals surface area contributed by atoms with E-state index in [0.717, 1.165) is 18.6 Å². The molecule has 2 atom stereocenters. The molecule has 3 rings (SSSR count). The van der Waals surface area contributed by atoms with Crippen LogP contribution in [-0.4, -0.2) is 30.0 Å². The van der Waals surface area contributed by atoms with Crippen LogP contribution >= 0.6 is 0 Å². The van der Waals surface area contributed by atoms with Gasteiger partial charge in [0.1, 0.15) is 0 Å². The number of nitrogens with two attached hydrogens (primary N) is 1. The van der Waals surface area contributed by atoms with Crippen molar-refractivity contribution in [1.29, 1.82) is 0 Å². The average Bonchev–Trinajstić information content (AvgIpc) is 2.79. The van der Waals surface area contributed by atoms with Crippen LogP contribution in [0.25, 0.3) is 10.9 Å². The third-order valence-corrected chi connectivity index (χ3v) is 3.98. The van der Waals surface area contributed by atoms with Crippen LogP contribution in [0.4, 0.5) is 0 Å². The smallest absolute Gasteiger partial charge is 0.0702 e. The van der Waals surface area contributed by atoms with Crippen LogP contribution in [0.2, 0.25) is 0 Å². The van der Waals surface area contributed by atoms with Crippen molar-refractivity contribution in [3.05, 3.63) is 42.1 Å². The average molecular weight is 241 g/mol. The van der Waals surface area contributed by atoms with E-state index in [1.165, 1.54) is 17.4 Å². The van der Waals surface area contributed by atoms with Gasteiger partial charge in [0.15, 0.2) is 0 Å². The van der Waals surface area contributed by atoms with E-state index < -0.39 is 0 Å². The summed E-state index contributed by atoms with van der Waals surface area (Å²) in [5, 5.41) is 1.22. The van der Waals surface area contributed by atoms with E-state index in [2.05, 4.69) is 41.2 Å². The number of nitrogens with zero attached hydrogens (tertiary/aromatic N) is 2. The topological polar surface area (TPSA) is 42.1 Å². The second-order valence-electron chi connectivity index (χ2n) is 5.25. The summed E-state index contributed by atoms with van der Waals surface area (Å²) in [6.45, 7) is 1.89. The number of aromatic nitrogens is 1. The van der Waals surface area contributed by atoms with Crippen LogP contribution in [0.3, 0.4) is 0 Å². The van der Waals surface area contributed by atoms with Gasteiger partial charge in [-0.3, -0.25) is 9.88 Å². The summed E-state index contributed by atoms with van der Waals surface area (Å²) in [6.07, 6.45) is 3.01. The Hall–Kier alpha value is -1.45. The molecule has 2 unspecified atom stereocenters. The number of rotatable bonds is 2. The molecular formula is C15H19N3. The SMILES string of the molecule is CN1CC(CN)CC1c1ccc2ncccc2c1. The first kappa shape index (κ1) is 11.6. The Labute approximate surface area is 108 Å². The highest BCUT2D eigenvalue weighted by molar-refractivity contribution is 5.79. The first-order valence-electron chi connectivity index (χ1n) is 6.53. The van der Waals surface area contributed by atoms with Crippen LogP contribution < -0.4 is 5.73 Å². The van der Waals surface area contributed by atoms with Crippen molar-refractivity contribution >= 4 is 10.9 Å². The van der Waals surface area contributed by atoms with Gasteiger partial charge in [-0.1, -0.05) is 12.1 Å². The molecule has 1 saturated heterocycles. The molecule has 1 aliphatic heterocycles. The first-order chi connectivity index (χ1) is 8.78. The predicted molar refractivity (Wildman–Crippen MR) is 74.3 cm³/mol. The van der Waals surface area contributed by atoms with Crippen LogP contribution in [0.1, 0.15) is 18.0 Å². The lowest BCUT2D eigenvalue weighted by Gasteiger charge is -2.19. The Bertz CT molecular complexity index is 552. The van der Waals surface area contributed by atoms with E-state index in [1.54, 1.807) is 0 Å². The molecule has 0 spiro atoms. The standard InChI is InChI=1S/C15H19N3/c1-18-10-11(9-16)7-15(18)13-4-5-14-12(8-13)3-2-6-17-14/h2-6,8,11,15H,7,9-10,16H2,1H3. The van der Waals surface area contributed by atoms with Crippen molar-refractivity contribution < 1.29 is 0 Å². The maximum atomic E-state index is 5.79. The van der Waals surface area contributed by atoms with E-state index >= 15 is 0 Å². The van der Waals surface area contributed by atoms with Crippen LogP contribution in [0, 0.1) is 5.92 Å². The van der Waals surface area contributed by atoms with Gasteiger partial charge in [0.25, 0.3) is 0 Å². The van der Waals surface area contributed by atoms with Gasteiger partial charge in [0.2, 0.25) is 0 Å². The van der Waals surface area contributed by atoms with Gasteiger partial charge in [0, 0.05) is 24.2 Å². The second-order valence-corrected chi connectivity index (χ2v) is 5.25. The van der Waals surface area contributed by atoms with Crippen molar-refractivity contribution in [1.82, 2.24) is 9.88 Å². The fraction of sp³-hybridized carbons (Fsp3) is 0.400. The number of hydrogen-bond donors (Lipinski definition) is 1. The summed E-state index contributed by atoms with van der Waals surface area (Å²) in [7, 11) is 2.19. The van der Waals surface area contributed by atoms with Crippen molar-refractivity contribution in [2.75, 3.05) is 20.1 Å². The lowest BCUT2D eigenvalue weighted by molar-refractivity contribution is 0.314. The van der Waals surface area contributed by atoms with Crippen molar-refractivity contribution in [3.63, 3.8) is 0 Å². The van der Waals surface area contributed by atoms with E-state index in [0.29, 0.717) is 12.0 Å². The molecule has 2 aromatic rings. The zero-order valence-corrected chi connectivity index (χ0v) is 10.7. The Morgan fingerprint density at radius 3 is 3.06 bits per heavy atom. The summed E-state index contributed by atoms with van der Waals surface area (Å²) >= 11 is 0. The lowest BCUT2D eigenvalue weighted by atomic mass is 9.98. The van der Waals surface area contributed by atoms with Crippen LogP contribution in [-0.2, 0) is 0 Å². The Morgan fingerprint density at radius 1 is 1.39 bits per heavy atom. The molecule has 0 bridgehead atoms. The van der Waals surface area contributed by atoms with Gasteiger partial charge >= 0.3 is 0 Å². The number of fused-ring (bicyclic) bond motifs is 1. The van der Waals surface area contributed by atoms with E-state index in [1.807, 2.05) is 12.3 Å². The minimum absolute atomic E-state index is 0.503. The van der Waals surface area contributed by atoms with E-state index in [4.69, 9.17) is 5.73 Å². The summed E-state index contributed by atoms with van der Waals surface area (Å²) in [4.78, 5) is 6.78. The number of hydrogen-bond acceptors (Lipinski definition) is 3. The maximum Gasteiger partial charge on any atom is 0.0702 e. The van der Waals surface area contributed by atoms with E-state index in [-0.39, 0.29) is 0 Å². The lowest BCUT2D eigenvalue weighted by Crippen LogP contribution is -2.20. The molecule has 1 fully saturated rings. The molecule has 0 aliphatic carbocycles. The second kappa shape index (κ2) is 4.67. The minimum Gasteiger partial charge on any atom is -0.330 e. The van der Waals surface area contributed by atoms with Gasteiger partial charge in [0.05, 0.1) is 5.52 Å². The largest absolute Gasteiger partial charge is 0.330 e. The molecule has 3 heteroatoms. The number of benzene rings is 1. The monoisotopic (exact) mass is 241 g/mol. The molecule has 18 heavy (non-hydrogen) atoms. The zero-order valence-electron chi connectivity index (χ0n) is 10.7. The third kappa shape index (κ3) is 2.00. The quantitative estimate of drug-likeness (QED) is 0.876. The maximum absolute atomic E-state index is 5.79. The zero-order chi connectivity index (χ0) is 12.5. The molecule has 0 saturated carbocycles. The molecule has 2 heterocycles. The Balaban J connectivity index is 1.94. The molecule has 2 N–H and O–H groups in total. The van der Waals surface area contributed by atoms with Crippen molar-refractivity contribution in [2.45, 2.75) is 12.5 Å². The first-order valence-corrected chi connectivity index (χ1v) is 6.53. The fourth-order valence-electron chi connectivity index (χ4n) is 2.97. The third-order valence-electron chi connectivity index (χ3n) is 3.98. The molecule has 1 aliphatic rings. The number of pyridine rings is 1. The normalized spacial score (nSPS) is 24.8. The summed E-state index contributed by atoms with van der Waals surface area (Å²) in [5.41, 5.74) is 8.24. The van der Waals surface area contributed by atoms with Crippen molar-refractivity contribution in [2.24, 2.45) is 11.7 Å². The molecule has 1 aromatic carbocycles. The molecule has 3 nitrogen and oxygen atoms in total. The molecule has 94 valence electrons. The summed E-state index contributed by atoms with van der Waals surface area (Å²) in [5.74, 6) is 0.629. The van der Waals surface area contributed by atoms with Crippen molar-refractivity contribution in [3.8, 4) is 0 Å². The fourth-order valence-corrected chi connectivity index (χ4v) is 2.97. The number of likely N-dealkylation sites (tertiary alicyclic amines) is 1. The highest BCUT2D eigenvalue weighted by Gasteiger charge is 2.29. The highest BCUT2D eigenvalue weighted by Crippen LogP contribution is 2.34. The predicted octanol–water partition coefficient (Wildman–Crippen LogP) is 2.19. The highest BCUT2D eigenvalue weighted by atomic mass is 15.2.